The van der Waals surface area contributed by atoms with Crippen molar-refractivity contribution < 1.29 is 0 Å². The third-order valence-electron chi connectivity index (χ3n) is 8.74. The normalized spacial score (nSPS) is 30.3. The van der Waals surface area contributed by atoms with Gasteiger partial charge in [0, 0.05) is 28.9 Å². The van der Waals surface area contributed by atoms with Gasteiger partial charge in [-0.3, -0.25) is 0 Å². The largest absolute Gasteiger partial charge is 0.337 e. The first-order chi connectivity index (χ1) is 17.2. The van der Waals surface area contributed by atoms with Crippen LogP contribution in [0.2, 0.25) is 0 Å². The molecule has 0 saturated heterocycles. The molecule has 6 aliphatic rings. The maximum atomic E-state index is 9.21. The van der Waals surface area contributed by atoms with E-state index in [1.54, 1.807) is 27.9 Å². The van der Waals surface area contributed by atoms with Gasteiger partial charge in [0.15, 0.2) is 0 Å². The van der Waals surface area contributed by atoms with E-state index in [-0.39, 0.29) is 5.41 Å². The zero-order chi connectivity index (χ0) is 23.6. The summed E-state index contributed by atoms with van der Waals surface area (Å²) in [7, 11) is 0. The lowest BCUT2D eigenvalue weighted by atomic mass is 9.79. The summed E-state index contributed by atoms with van der Waals surface area (Å²) in [5.74, 6) is 0.419. The predicted molar refractivity (Wildman–Crippen MR) is 142 cm³/mol. The summed E-state index contributed by atoms with van der Waals surface area (Å²) in [5, 5.41) is 9.21. The van der Waals surface area contributed by atoms with Crippen LogP contribution in [0.1, 0.15) is 51.0 Å². The van der Waals surface area contributed by atoms with Gasteiger partial charge in [0.1, 0.15) is 11.8 Å². The minimum atomic E-state index is -0.196. The summed E-state index contributed by atoms with van der Waals surface area (Å²) in [6.45, 7) is 2.22. The van der Waals surface area contributed by atoms with E-state index in [9.17, 15) is 5.26 Å². The molecule has 4 aliphatic carbocycles. The molecule has 1 aromatic carbocycles. The molecule has 3 nitrogen and oxygen atoms in total. The minimum Gasteiger partial charge on any atom is -0.337 e. The monoisotopic (exact) mass is 455 g/mol. The molecule has 1 aromatic rings. The van der Waals surface area contributed by atoms with Gasteiger partial charge in [-0.1, -0.05) is 61.1 Å². The highest BCUT2D eigenvalue weighted by Gasteiger charge is 2.44. The Bertz CT molecular complexity index is 1430. The van der Waals surface area contributed by atoms with E-state index in [0.29, 0.717) is 17.7 Å². The molecule has 0 N–H and O–H groups in total. The quantitative estimate of drug-likeness (QED) is 0.475. The van der Waals surface area contributed by atoms with Gasteiger partial charge in [-0.15, -0.1) is 0 Å². The van der Waals surface area contributed by atoms with Crippen LogP contribution in [-0.2, 0) is 5.41 Å². The highest BCUT2D eigenvalue weighted by atomic mass is 15.2. The minimum absolute atomic E-state index is 0.196. The molecule has 172 valence electrons. The van der Waals surface area contributed by atoms with Crippen LogP contribution in [0.15, 0.2) is 111 Å². The first-order valence-electron chi connectivity index (χ1n) is 12.9. The van der Waals surface area contributed by atoms with Crippen molar-refractivity contribution in [3.05, 3.63) is 112 Å². The molecule has 0 fully saturated rings. The van der Waals surface area contributed by atoms with Crippen LogP contribution in [0.4, 0.5) is 5.69 Å². The molecule has 0 spiro atoms. The number of hydrogen-bond acceptors (Lipinski definition) is 3. The van der Waals surface area contributed by atoms with E-state index >= 15 is 0 Å². The van der Waals surface area contributed by atoms with Crippen LogP contribution >= 0.6 is 0 Å². The number of nitriles is 1. The summed E-state index contributed by atoms with van der Waals surface area (Å²) in [6.07, 6.45) is 24.6. The second-order valence-electron chi connectivity index (χ2n) is 10.7. The standard InChI is InChI=1S/C32H29N3/c1-32(16-15-23(19-33)34-20-32)22-8-6-9-24(18-22)35-29-12-5-4-11-27(29)31-28-17-21-7-2-3-10-25(21)26(28)13-14-30(31)35/h3-6,8-12,15,18,20,27,29H,2,7,13-14,16-17H2,1H3. The SMILES string of the molecule is CC1(c2cccc(N3C4=C(C5=C(CC4)C4=C(CCC=C4)C5)C4C=CC=CC43)c2)C=NC(C#N)=CC1. The van der Waals surface area contributed by atoms with Crippen LogP contribution in [0.25, 0.3) is 0 Å². The molecular weight excluding hydrogens is 426 g/mol. The maximum absolute atomic E-state index is 9.21. The number of allylic oxidation sites excluding steroid dienone is 11. The van der Waals surface area contributed by atoms with Gasteiger partial charge in [0.2, 0.25) is 0 Å². The summed E-state index contributed by atoms with van der Waals surface area (Å²) < 4.78 is 0. The molecule has 7 rings (SSSR count). The van der Waals surface area contributed by atoms with E-state index in [1.165, 1.54) is 29.8 Å². The lowest BCUT2D eigenvalue weighted by molar-refractivity contribution is 0.648. The van der Waals surface area contributed by atoms with Crippen LogP contribution in [0.3, 0.4) is 0 Å². The van der Waals surface area contributed by atoms with Crippen molar-refractivity contribution in [2.45, 2.75) is 56.9 Å². The van der Waals surface area contributed by atoms with Gasteiger partial charge < -0.3 is 4.90 Å². The molecule has 0 amide bonds. The Kier molecular flexibility index (Phi) is 4.55. The van der Waals surface area contributed by atoms with Crippen LogP contribution in [-0.4, -0.2) is 12.3 Å². The molecule has 0 aromatic heterocycles. The third kappa shape index (κ3) is 3.06. The highest BCUT2D eigenvalue weighted by Crippen LogP contribution is 2.54. The van der Waals surface area contributed by atoms with E-state index in [1.807, 2.05) is 12.3 Å². The van der Waals surface area contributed by atoms with Crippen LogP contribution in [0, 0.1) is 17.2 Å². The van der Waals surface area contributed by atoms with Gasteiger partial charge in [-0.25, -0.2) is 4.99 Å². The fraction of sp³-hybridized carbons (Fsp3) is 0.312. The van der Waals surface area contributed by atoms with Gasteiger partial charge >= 0.3 is 0 Å². The highest BCUT2D eigenvalue weighted by molar-refractivity contribution is 5.78. The molecule has 0 saturated carbocycles. The average molecular weight is 456 g/mol. The predicted octanol–water partition coefficient (Wildman–Crippen LogP) is 7.15. The second kappa shape index (κ2) is 7.68. The molecule has 35 heavy (non-hydrogen) atoms. The fourth-order valence-electron chi connectivity index (χ4n) is 6.95. The average Bonchev–Trinajstić information content (AvgIpc) is 3.45. The number of nitrogens with zero attached hydrogens (tertiary/aromatic N) is 3. The Morgan fingerprint density at radius 3 is 2.89 bits per heavy atom. The number of fused-ring (bicyclic) bond motifs is 4. The molecule has 3 atom stereocenters. The number of anilines is 1. The van der Waals surface area contributed by atoms with E-state index < -0.39 is 0 Å². The van der Waals surface area contributed by atoms with Gasteiger partial charge in [0.05, 0.1) is 6.04 Å². The van der Waals surface area contributed by atoms with Crippen molar-refractivity contribution in [2.75, 3.05) is 4.90 Å². The second-order valence-corrected chi connectivity index (χ2v) is 10.7. The Hall–Kier alpha value is -3.64. The first kappa shape index (κ1) is 20.7. The zero-order valence-electron chi connectivity index (χ0n) is 20.2. The summed E-state index contributed by atoms with van der Waals surface area (Å²) >= 11 is 0. The Labute approximate surface area is 207 Å². The number of benzene rings is 1. The molecule has 0 bridgehead atoms. The lowest BCUT2D eigenvalue weighted by Gasteiger charge is -2.33. The summed E-state index contributed by atoms with van der Waals surface area (Å²) in [4.78, 5) is 7.05. The zero-order valence-corrected chi connectivity index (χ0v) is 20.2. The van der Waals surface area contributed by atoms with Gasteiger partial charge in [-0.05, 0) is 84.6 Å². The number of aliphatic imine (C=N–C) groups is 1. The van der Waals surface area contributed by atoms with Crippen LogP contribution < -0.4 is 4.90 Å². The molecular formula is C32H29N3. The Morgan fingerprint density at radius 2 is 2.03 bits per heavy atom. The lowest BCUT2D eigenvalue weighted by Crippen LogP contribution is -2.33. The van der Waals surface area contributed by atoms with Crippen molar-refractivity contribution in [1.29, 1.82) is 5.26 Å². The van der Waals surface area contributed by atoms with Crippen molar-refractivity contribution >= 4 is 11.9 Å². The van der Waals surface area contributed by atoms with Crippen molar-refractivity contribution in [1.82, 2.24) is 0 Å². The number of rotatable bonds is 2. The van der Waals surface area contributed by atoms with E-state index in [2.05, 4.69) is 83.6 Å². The summed E-state index contributed by atoms with van der Waals surface area (Å²) in [5.41, 5.74) is 12.4. The van der Waals surface area contributed by atoms with Crippen LogP contribution in [0.5, 0.6) is 0 Å². The van der Waals surface area contributed by atoms with Crippen molar-refractivity contribution in [3.8, 4) is 6.07 Å². The van der Waals surface area contributed by atoms with Gasteiger partial charge in [0.25, 0.3) is 0 Å². The molecule has 3 unspecified atom stereocenters. The fourth-order valence-corrected chi connectivity index (χ4v) is 6.95. The van der Waals surface area contributed by atoms with E-state index in [4.69, 9.17) is 0 Å². The molecule has 0 radical (unpaired) electrons. The van der Waals surface area contributed by atoms with E-state index in [0.717, 1.165) is 25.7 Å². The third-order valence-corrected chi connectivity index (χ3v) is 8.74. The smallest absolute Gasteiger partial charge is 0.136 e. The first-order valence-corrected chi connectivity index (χ1v) is 12.9. The summed E-state index contributed by atoms with van der Waals surface area (Å²) in [6, 6.07) is 11.5. The Morgan fingerprint density at radius 1 is 1.11 bits per heavy atom. The molecule has 2 heterocycles. The number of hydrogen-bond donors (Lipinski definition) is 0. The van der Waals surface area contributed by atoms with Gasteiger partial charge in [-0.2, -0.15) is 5.26 Å². The Balaban J connectivity index is 1.30. The maximum Gasteiger partial charge on any atom is 0.136 e. The molecule has 2 aliphatic heterocycles. The topological polar surface area (TPSA) is 39.4 Å². The van der Waals surface area contributed by atoms with Crippen molar-refractivity contribution in [3.63, 3.8) is 0 Å². The molecule has 3 heteroatoms. The van der Waals surface area contributed by atoms with Crippen molar-refractivity contribution in [2.24, 2.45) is 10.9 Å².